The van der Waals surface area contributed by atoms with Crippen LogP contribution in [0.15, 0.2) is 48.5 Å². The average molecular weight is 443 g/mol. The normalized spacial score (nSPS) is 14.4. The number of rotatable bonds is 12. The van der Waals surface area contributed by atoms with Crippen LogP contribution >= 0.6 is 0 Å². The Bertz CT molecular complexity index is 836. The number of carbonyl (C=O) groups excluding carboxylic acids is 1. The van der Waals surface area contributed by atoms with E-state index in [1.165, 1.54) is 0 Å². The summed E-state index contributed by atoms with van der Waals surface area (Å²) in [7, 11) is 1.95. The summed E-state index contributed by atoms with van der Waals surface area (Å²) < 4.78 is 16.9. The number of aliphatic hydroxyl groups is 1. The lowest BCUT2D eigenvalue weighted by Crippen LogP contribution is -2.32. The molecule has 3 rings (SSSR count). The first-order chi connectivity index (χ1) is 15.5. The minimum Gasteiger partial charge on any atom is -0.490 e. The van der Waals surface area contributed by atoms with Crippen LogP contribution in [0.5, 0.6) is 17.2 Å². The van der Waals surface area contributed by atoms with Gasteiger partial charge in [0, 0.05) is 26.2 Å². The number of ether oxygens (including phenoxy) is 3. The van der Waals surface area contributed by atoms with Gasteiger partial charge in [-0.25, -0.2) is 0 Å². The van der Waals surface area contributed by atoms with Crippen molar-refractivity contribution in [2.24, 2.45) is 0 Å². The smallest absolute Gasteiger partial charge is 0.260 e. The predicted octanol–water partition coefficient (Wildman–Crippen LogP) is 2.96. The molecule has 1 atom stereocenters. The first-order valence-electron chi connectivity index (χ1n) is 11.3. The molecule has 1 N–H and O–H groups in total. The Morgan fingerprint density at radius 3 is 2.34 bits per heavy atom. The van der Waals surface area contributed by atoms with Crippen LogP contribution in [0.3, 0.4) is 0 Å². The van der Waals surface area contributed by atoms with E-state index in [1.54, 1.807) is 0 Å². The summed E-state index contributed by atoms with van der Waals surface area (Å²) in [5.74, 6) is 2.05. The topological polar surface area (TPSA) is 71.5 Å². The van der Waals surface area contributed by atoms with Crippen LogP contribution in [-0.2, 0) is 11.3 Å². The van der Waals surface area contributed by atoms with Crippen molar-refractivity contribution >= 4 is 5.91 Å². The van der Waals surface area contributed by atoms with Gasteiger partial charge in [-0.15, -0.1) is 0 Å². The molecule has 2 aromatic carbocycles. The molecule has 1 aliphatic heterocycles. The van der Waals surface area contributed by atoms with Gasteiger partial charge < -0.3 is 24.2 Å². The Morgan fingerprint density at radius 1 is 1.03 bits per heavy atom. The highest BCUT2D eigenvalue weighted by atomic mass is 16.5. The Balaban J connectivity index is 1.39. The van der Waals surface area contributed by atoms with Crippen molar-refractivity contribution < 1.29 is 24.1 Å². The number of amides is 1. The molecule has 1 saturated heterocycles. The van der Waals surface area contributed by atoms with Crippen molar-refractivity contribution in [3.05, 3.63) is 54.1 Å². The molecule has 0 bridgehead atoms. The third-order valence-corrected chi connectivity index (χ3v) is 5.30. The molecule has 0 aliphatic carbocycles. The third-order valence-electron chi connectivity index (χ3n) is 5.30. The number of hydrogen-bond donors (Lipinski definition) is 1. The monoisotopic (exact) mass is 442 g/mol. The lowest BCUT2D eigenvalue weighted by atomic mass is 10.2. The number of likely N-dealkylation sites (N-methyl/N-ethyl adjacent to an activating group) is 1. The zero-order chi connectivity index (χ0) is 22.8. The van der Waals surface area contributed by atoms with E-state index >= 15 is 0 Å². The fraction of sp³-hybridized carbons (Fsp3) is 0.480. The van der Waals surface area contributed by atoms with Crippen molar-refractivity contribution in [3.8, 4) is 17.2 Å². The van der Waals surface area contributed by atoms with E-state index in [2.05, 4.69) is 0 Å². The van der Waals surface area contributed by atoms with Gasteiger partial charge in [-0.3, -0.25) is 9.69 Å². The molecule has 0 saturated carbocycles. The molecule has 0 radical (unpaired) electrons. The number of nitrogens with zero attached hydrogens (tertiary/aromatic N) is 2. The maximum Gasteiger partial charge on any atom is 0.260 e. The predicted molar refractivity (Wildman–Crippen MR) is 123 cm³/mol. The zero-order valence-electron chi connectivity index (χ0n) is 19.0. The molecule has 1 fully saturated rings. The molecule has 0 aromatic heterocycles. The van der Waals surface area contributed by atoms with Gasteiger partial charge in [0.15, 0.2) is 18.1 Å². The molecule has 174 valence electrons. The second-order valence-corrected chi connectivity index (χ2v) is 8.06. The van der Waals surface area contributed by atoms with E-state index in [0.717, 1.165) is 31.5 Å². The van der Waals surface area contributed by atoms with E-state index in [9.17, 15) is 9.90 Å². The van der Waals surface area contributed by atoms with Gasteiger partial charge in [0.25, 0.3) is 5.91 Å². The van der Waals surface area contributed by atoms with E-state index in [1.807, 2.05) is 72.3 Å². The summed E-state index contributed by atoms with van der Waals surface area (Å²) in [5, 5.41) is 10.4. The lowest BCUT2D eigenvalue weighted by Gasteiger charge is -2.21. The largest absolute Gasteiger partial charge is 0.490 e. The van der Waals surface area contributed by atoms with Gasteiger partial charge in [0.1, 0.15) is 18.5 Å². The minimum absolute atomic E-state index is 0.0476. The summed E-state index contributed by atoms with van der Waals surface area (Å²) in [6, 6.07) is 15.2. The molecule has 1 heterocycles. The van der Waals surface area contributed by atoms with E-state index in [4.69, 9.17) is 14.2 Å². The highest BCUT2D eigenvalue weighted by Crippen LogP contribution is 2.26. The van der Waals surface area contributed by atoms with Gasteiger partial charge in [0.2, 0.25) is 0 Å². The fourth-order valence-corrected chi connectivity index (χ4v) is 3.71. The maximum absolute atomic E-state index is 12.1. The Morgan fingerprint density at radius 2 is 1.69 bits per heavy atom. The minimum atomic E-state index is -0.631. The number of para-hydroxylation sites is 2. The van der Waals surface area contributed by atoms with Crippen LogP contribution in [0.4, 0.5) is 0 Å². The van der Waals surface area contributed by atoms with E-state index in [0.29, 0.717) is 36.9 Å². The summed E-state index contributed by atoms with van der Waals surface area (Å²) in [4.78, 5) is 16.0. The lowest BCUT2D eigenvalue weighted by molar-refractivity contribution is -0.132. The van der Waals surface area contributed by atoms with Crippen molar-refractivity contribution in [2.45, 2.75) is 32.4 Å². The van der Waals surface area contributed by atoms with Crippen LogP contribution in [-0.4, -0.2) is 73.4 Å². The number of hydrogen-bond acceptors (Lipinski definition) is 6. The summed E-state index contributed by atoms with van der Waals surface area (Å²) in [6.45, 7) is 5.58. The molecule has 0 unspecified atom stereocenters. The zero-order valence-corrected chi connectivity index (χ0v) is 19.0. The van der Waals surface area contributed by atoms with Gasteiger partial charge in [0.05, 0.1) is 6.61 Å². The second kappa shape index (κ2) is 12.3. The fourth-order valence-electron chi connectivity index (χ4n) is 3.71. The van der Waals surface area contributed by atoms with Crippen molar-refractivity contribution in [1.82, 2.24) is 9.80 Å². The number of carbonyl (C=O) groups is 1. The molecular formula is C25H34N2O5. The second-order valence-electron chi connectivity index (χ2n) is 8.06. The van der Waals surface area contributed by atoms with Crippen molar-refractivity contribution in [1.29, 1.82) is 0 Å². The molecule has 32 heavy (non-hydrogen) atoms. The first kappa shape index (κ1) is 23.9. The molecule has 7 heteroatoms. The van der Waals surface area contributed by atoms with Gasteiger partial charge in [-0.1, -0.05) is 24.3 Å². The maximum atomic E-state index is 12.1. The third kappa shape index (κ3) is 7.43. The molecule has 1 aliphatic rings. The van der Waals surface area contributed by atoms with E-state index in [-0.39, 0.29) is 19.1 Å². The van der Waals surface area contributed by atoms with Crippen molar-refractivity contribution in [3.63, 3.8) is 0 Å². The van der Waals surface area contributed by atoms with E-state index < -0.39 is 6.10 Å². The van der Waals surface area contributed by atoms with Crippen LogP contribution in [0.25, 0.3) is 0 Å². The number of benzene rings is 2. The molecule has 7 nitrogen and oxygen atoms in total. The highest BCUT2D eigenvalue weighted by molar-refractivity contribution is 5.78. The molecule has 2 aromatic rings. The van der Waals surface area contributed by atoms with Gasteiger partial charge in [-0.05, 0) is 56.6 Å². The Kier molecular flexibility index (Phi) is 9.19. The molecule has 0 spiro atoms. The van der Waals surface area contributed by atoms with Crippen LogP contribution in [0.2, 0.25) is 0 Å². The molecular weight excluding hydrogens is 408 g/mol. The van der Waals surface area contributed by atoms with Crippen LogP contribution in [0, 0.1) is 0 Å². The molecule has 1 amide bonds. The number of aliphatic hydroxyl groups excluding tert-OH is 1. The highest BCUT2D eigenvalue weighted by Gasteiger charge is 2.18. The average Bonchev–Trinajstić information content (AvgIpc) is 3.33. The number of likely N-dealkylation sites (tertiary alicyclic amines) is 1. The van der Waals surface area contributed by atoms with Crippen molar-refractivity contribution in [2.75, 3.05) is 46.5 Å². The standard InChI is InChI=1S/C25H34N2O5/c1-3-30-23-8-4-5-9-24(23)32-18-21(28)17-26(2)16-20-10-12-22(13-11-20)31-19-25(29)27-14-6-7-15-27/h4-5,8-13,21,28H,3,6-7,14-19H2,1-2H3/t21-/m0/s1. The summed E-state index contributed by atoms with van der Waals surface area (Å²) in [5.41, 5.74) is 1.10. The Labute approximate surface area is 190 Å². The summed E-state index contributed by atoms with van der Waals surface area (Å²) >= 11 is 0. The van der Waals surface area contributed by atoms with Gasteiger partial charge >= 0.3 is 0 Å². The van der Waals surface area contributed by atoms with Crippen LogP contribution in [0.1, 0.15) is 25.3 Å². The Hall–Kier alpha value is -2.77. The quantitative estimate of drug-likeness (QED) is 0.545. The summed E-state index contributed by atoms with van der Waals surface area (Å²) in [6.07, 6.45) is 1.53. The van der Waals surface area contributed by atoms with Crippen LogP contribution < -0.4 is 14.2 Å². The SMILES string of the molecule is CCOc1ccccc1OC[C@@H](O)CN(C)Cc1ccc(OCC(=O)N2CCCC2)cc1. The van der Waals surface area contributed by atoms with Gasteiger partial charge in [-0.2, -0.15) is 0 Å². The first-order valence-corrected chi connectivity index (χ1v) is 11.3.